The highest BCUT2D eigenvalue weighted by Crippen LogP contribution is 2.23. The highest BCUT2D eigenvalue weighted by Gasteiger charge is 2.40. The lowest BCUT2D eigenvalue weighted by molar-refractivity contribution is -0.135. The fraction of sp³-hybridized carbons (Fsp3) is 0.538. The molecule has 10 nitrogen and oxygen atoms in total. The predicted molar refractivity (Wildman–Crippen MR) is 140 cm³/mol. The zero-order valence-corrected chi connectivity index (χ0v) is 21.5. The molecule has 2 amide bonds. The molecule has 2 rings (SSSR count). The van der Waals surface area contributed by atoms with E-state index in [1.165, 1.54) is 6.08 Å². The van der Waals surface area contributed by atoms with E-state index in [4.69, 9.17) is 11.1 Å². The van der Waals surface area contributed by atoms with Gasteiger partial charge in [-0.25, -0.2) is 4.39 Å². The topological polar surface area (TPSA) is 161 Å². The average molecular weight is 519 g/mol. The first kappa shape index (κ1) is 29.9. The summed E-state index contributed by atoms with van der Waals surface area (Å²) in [5.74, 6) is -1.92. The second-order valence-electron chi connectivity index (χ2n) is 9.48. The number of nitrogens with two attached hydrogens (primary N) is 1. The summed E-state index contributed by atoms with van der Waals surface area (Å²) in [6.45, 7) is 3.27. The van der Waals surface area contributed by atoms with E-state index < -0.39 is 42.7 Å². The van der Waals surface area contributed by atoms with Crippen molar-refractivity contribution in [1.29, 1.82) is 5.41 Å². The van der Waals surface area contributed by atoms with E-state index in [1.54, 1.807) is 11.0 Å². The van der Waals surface area contributed by atoms with Gasteiger partial charge in [0.05, 0.1) is 18.1 Å². The number of nitrogens with one attached hydrogen (secondary N) is 4. The summed E-state index contributed by atoms with van der Waals surface area (Å²) in [4.78, 5) is 39.4. The number of benzene rings is 1. The van der Waals surface area contributed by atoms with Crippen LogP contribution in [0.15, 0.2) is 36.4 Å². The van der Waals surface area contributed by atoms with Crippen LogP contribution >= 0.6 is 0 Å². The molecule has 1 aromatic carbocycles. The molecule has 1 unspecified atom stereocenters. The van der Waals surface area contributed by atoms with Gasteiger partial charge < -0.3 is 26.8 Å². The third-order valence-corrected chi connectivity index (χ3v) is 6.33. The number of Topliss-reactive ketones (excluding diaryl/α,β-unsaturated/α-hetero) is 1. The van der Waals surface area contributed by atoms with E-state index in [0.29, 0.717) is 32.4 Å². The molecule has 1 aliphatic rings. The van der Waals surface area contributed by atoms with Gasteiger partial charge in [-0.15, -0.1) is 0 Å². The van der Waals surface area contributed by atoms with Crippen LogP contribution in [0.4, 0.5) is 4.39 Å². The normalized spacial score (nSPS) is 18.4. The lowest BCUT2D eigenvalue weighted by Crippen LogP contribution is -2.58. The molecule has 0 aliphatic carbocycles. The smallest absolute Gasteiger partial charge is 0.244 e. The molecule has 4 atom stereocenters. The van der Waals surface area contributed by atoms with Gasteiger partial charge in [0.25, 0.3) is 0 Å². The Morgan fingerprint density at radius 3 is 2.57 bits per heavy atom. The number of ketones is 1. The second-order valence-corrected chi connectivity index (χ2v) is 9.48. The van der Waals surface area contributed by atoms with Crippen LogP contribution < -0.4 is 21.7 Å². The number of aliphatic hydroxyl groups excluding tert-OH is 1. The SMILES string of the molecule is CC(C)[C@H](NC(=O)/C=C/c1ccccc1)C(O)N1CCC[C@H]1C(=O)N[C@@H](CCCNC(=N)N)C(=O)CF. The molecule has 1 aromatic rings. The van der Waals surface area contributed by atoms with Crippen LogP contribution in [-0.4, -0.2) is 77.7 Å². The lowest BCUT2D eigenvalue weighted by Gasteiger charge is -2.36. The Kier molecular flexibility index (Phi) is 12.2. The number of nitrogens with zero attached hydrogens (tertiary/aromatic N) is 1. The molecule has 11 heteroatoms. The molecule has 1 saturated heterocycles. The second kappa shape index (κ2) is 15.1. The molecule has 204 valence electrons. The Hall–Kier alpha value is -3.31. The van der Waals surface area contributed by atoms with Gasteiger partial charge in [0.2, 0.25) is 11.8 Å². The third kappa shape index (κ3) is 9.58. The van der Waals surface area contributed by atoms with Crippen LogP contribution in [-0.2, 0) is 14.4 Å². The van der Waals surface area contributed by atoms with Crippen LogP contribution in [0, 0.1) is 11.3 Å². The Morgan fingerprint density at radius 1 is 1.24 bits per heavy atom. The van der Waals surface area contributed by atoms with E-state index in [2.05, 4.69) is 16.0 Å². The molecule has 1 fully saturated rings. The number of guanidine groups is 1. The highest BCUT2D eigenvalue weighted by atomic mass is 19.1. The number of halogens is 1. The van der Waals surface area contributed by atoms with Crippen molar-refractivity contribution in [2.75, 3.05) is 19.8 Å². The molecular weight excluding hydrogens is 479 g/mol. The Balaban J connectivity index is 2.04. The highest BCUT2D eigenvalue weighted by molar-refractivity contribution is 5.92. The zero-order valence-electron chi connectivity index (χ0n) is 21.5. The summed E-state index contributed by atoms with van der Waals surface area (Å²) in [6, 6.07) is 6.96. The van der Waals surface area contributed by atoms with Gasteiger partial charge in [0, 0.05) is 19.2 Å². The number of rotatable bonds is 14. The van der Waals surface area contributed by atoms with Crippen molar-refractivity contribution in [2.45, 2.75) is 63.9 Å². The molecule has 0 radical (unpaired) electrons. The van der Waals surface area contributed by atoms with Gasteiger partial charge in [-0.1, -0.05) is 44.2 Å². The number of alkyl halides is 1. The number of hydrogen-bond acceptors (Lipinski definition) is 6. The van der Waals surface area contributed by atoms with Gasteiger partial charge in [0.1, 0.15) is 12.9 Å². The quantitative estimate of drug-likeness (QED) is 0.0923. The molecule has 0 spiro atoms. The Morgan fingerprint density at radius 2 is 1.95 bits per heavy atom. The maximum Gasteiger partial charge on any atom is 0.244 e. The average Bonchev–Trinajstić information content (AvgIpc) is 3.37. The van der Waals surface area contributed by atoms with E-state index in [0.717, 1.165) is 5.56 Å². The standard InChI is InChI=1S/C26H39FN6O4/c1-17(2)23(32-22(35)13-12-18-8-4-3-5-9-18)25(37)33-15-7-11-20(33)24(36)31-19(21(34)16-27)10-6-14-30-26(28)29/h3-5,8-9,12-13,17,19-20,23,25,37H,6-7,10-11,14-16H2,1-2H3,(H,31,36)(H,32,35)(H4,28,29,30)/b13-12+/t19-,20-,23-,25?/m0/s1. The van der Waals surface area contributed by atoms with Gasteiger partial charge in [-0.2, -0.15) is 0 Å². The first-order valence-electron chi connectivity index (χ1n) is 12.6. The molecule has 1 aliphatic heterocycles. The van der Waals surface area contributed by atoms with Crippen LogP contribution in [0.3, 0.4) is 0 Å². The molecule has 0 bridgehead atoms. The molecule has 0 aromatic heterocycles. The number of carbonyl (C=O) groups is 3. The zero-order chi connectivity index (χ0) is 27.4. The number of carbonyl (C=O) groups excluding carboxylic acids is 3. The van der Waals surface area contributed by atoms with Crippen molar-refractivity contribution in [3.63, 3.8) is 0 Å². The largest absolute Gasteiger partial charge is 0.376 e. The van der Waals surface area contributed by atoms with Crippen LogP contribution in [0.2, 0.25) is 0 Å². The lowest BCUT2D eigenvalue weighted by atomic mass is 10.0. The molecular formula is C26H39FN6O4. The Labute approximate surface area is 217 Å². The molecule has 1 heterocycles. The van der Waals surface area contributed by atoms with E-state index >= 15 is 0 Å². The predicted octanol–water partition coefficient (Wildman–Crippen LogP) is 0.910. The number of hydrogen-bond donors (Lipinski definition) is 6. The first-order valence-corrected chi connectivity index (χ1v) is 12.6. The summed E-state index contributed by atoms with van der Waals surface area (Å²) in [5, 5.41) is 26.4. The van der Waals surface area contributed by atoms with Gasteiger partial charge in [0.15, 0.2) is 11.7 Å². The minimum Gasteiger partial charge on any atom is -0.376 e. The Bertz CT molecular complexity index is 942. The van der Waals surface area contributed by atoms with E-state index in [9.17, 15) is 23.9 Å². The summed E-state index contributed by atoms with van der Waals surface area (Å²) in [7, 11) is 0. The van der Waals surface area contributed by atoms with Crippen molar-refractivity contribution >= 4 is 29.6 Å². The van der Waals surface area contributed by atoms with E-state index in [1.807, 2.05) is 44.2 Å². The minimum absolute atomic E-state index is 0.136. The fourth-order valence-electron chi connectivity index (χ4n) is 4.33. The molecule has 7 N–H and O–H groups in total. The molecule has 0 saturated carbocycles. The fourth-order valence-corrected chi connectivity index (χ4v) is 4.33. The minimum atomic E-state index is -1.21. The molecule has 37 heavy (non-hydrogen) atoms. The maximum atomic E-state index is 13.1. The number of aliphatic hydroxyl groups is 1. The number of amides is 2. The van der Waals surface area contributed by atoms with Crippen LogP contribution in [0.5, 0.6) is 0 Å². The van der Waals surface area contributed by atoms with Gasteiger partial charge in [-0.05, 0) is 43.2 Å². The van der Waals surface area contributed by atoms with Crippen LogP contribution in [0.1, 0.15) is 45.1 Å². The van der Waals surface area contributed by atoms with Crippen molar-refractivity contribution in [3.05, 3.63) is 42.0 Å². The first-order chi connectivity index (χ1) is 17.6. The van der Waals surface area contributed by atoms with Crippen molar-refractivity contribution in [2.24, 2.45) is 11.7 Å². The van der Waals surface area contributed by atoms with Crippen molar-refractivity contribution in [3.8, 4) is 0 Å². The van der Waals surface area contributed by atoms with Gasteiger partial charge in [-0.3, -0.25) is 24.7 Å². The maximum absolute atomic E-state index is 13.1. The summed E-state index contributed by atoms with van der Waals surface area (Å²) in [5.41, 5.74) is 6.10. The summed E-state index contributed by atoms with van der Waals surface area (Å²) in [6.07, 6.45) is 3.62. The van der Waals surface area contributed by atoms with Crippen molar-refractivity contribution < 1.29 is 23.9 Å². The summed E-state index contributed by atoms with van der Waals surface area (Å²) >= 11 is 0. The van der Waals surface area contributed by atoms with Crippen molar-refractivity contribution in [1.82, 2.24) is 20.9 Å². The number of likely N-dealkylation sites (tertiary alicyclic amines) is 1. The summed E-state index contributed by atoms with van der Waals surface area (Å²) < 4.78 is 13.1. The van der Waals surface area contributed by atoms with Gasteiger partial charge >= 0.3 is 0 Å². The monoisotopic (exact) mass is 518 g/mol. The van der Waals surface area contributed by atoms with Crippen LogP contribution in [0.25, 0.3) is 6.08 Å². The third-order valence-electron chi connectivity index (χ3n) is 6.33. The van der Waals surface area contributed by atoms with E-state index in [-0.39, 0.29) is 24.2 Å².